The first kappa shape index (κ1) is 24.1. The third-order valence-electron chi connectivity index (χ3n) is 5.14. The number of furan rings is 1. The highest BCUT2D eigenvalue weighted by atomic mass is 32.1. The Kier molecular flexibility index (Phi) is 8.27. The number of nitrogens with one attached hydrogen (secondary N) is 1. The van der Waals surface area contributed by atoms with Crippen LogP contribution in [0.2, 0.25) is 0 Å². The minimum Gasteiger partial charge on any atom is -0.497 e. The van der Waals surface area contributed by atoms with Crippen LogP contribution in [0.5, 0.6) is 5.75 Å². The van der Waals surface area contributed by atoms with Crippen molar-refractivity contribution in [3.05, 3.63) is 96.0 Å². The van der Waals surface area contributed by atoms with E-state index in [2.05, 4.69) is 16.8 Å². The topological polar surface area (TPSA) is 63.9 Å². The molecule has 1 N–H and O–H groups in total. The van der Waals surface area contributed by atoms with Gasteiger partial charge in [-0.2, -0.15) is 0 Å². The zero-order valence-corrected chi connectivity index (χ0v) is 19.9. The van der Waals surface area contributed by atoms with Crippen molar-refractivity contribution in [1.29, 1.82) is 0 Å². The summed E-state index contributed by atoms with van der Waals surface area (Å²) in [5.41, 5.74) is 3.35. The van der Waals surface area contributed by atoms with Crippen LogP contribution in [-0.4, -0.2) is 30.2 Å². The monoisotopic (exact) mass is 464 g/mol. The van der Waals surface area contributed by atoms with E-state index in [1.54, 1.807) is 37.6 Å². The molecule has 0 aliphatic heterocycles. The number of anilines is 1. The fraction of sp³-hybridized carbons (Fsp3) is 0.231. The van der Waals surface area contributed by atoms with Crippen molar-refractivity contribution in [2.75, 3.05) is 19.5 Å². The van der Waals surface area contributed by atoms with E-state index in [1.807, 2.05) is 43.3 Å². The fourth-order valence-corrected chi connectivity index (χ4v) is 3.77. The third-order valence-corrected chi connectivity index (χ3v) is 5.48. The van der Waals surface area contributed by atoms with Gasteiger partial charge in [-0.05, 0) is 79.7 Å². The summed E-state index contributed by atoms with van der Waals surface area (Å²) < 4.78 is 15.7. The van der Waals surface area contributed by atoms with Crippen LogP contribution in [0.4, 0.5) is 5.69 Å². The number of rotatable bonds is 9. The van der Waals surface area contributed by atoms with Crippen LogP contribution in [0.3, 0.4) is 0 Å². The lowest BCUT2D eigenvalue weighted by Crippen LogP contribution is -2.37. The predicted octanol–water partition coefficient (Wildman–Crippen LogP) is 5.98. The van der Waals surface area contributed by atoms with Gasteiger partial charge in [0.2, 0.25) is 0 Å². The number of hydrogen-bond donors (Lipinski definition) is 1. The van der Waals surface area contributed by atoms with Crippen LogP contribution in [0.15, 0.2) is 83.5 Å². The van der Waals surface area contributed by atoms with Crippen LogP contribution in [0.1, 0.15) is 41.1 Å². The van der Waals surface area contributed by atoms with Gasteiger partial charge in [-0.3, -0.25) is 0 Å². The van der Waals surface area contributed by atoms with Crippen molar-refractivity contribution in [2.24, 2.45) is 0 Å². The SMILES string of the molecule is C=C(C)C[C@H](c1ccc(OC)cc1)N(Cc1ccco1)C(=S)Nc1ccc(C(=O)OC)cc1. The quantitative estimate of drug-likeness (QED) is 0.237. The fourth-order valence-electron chi connectivity index (χ4n) is 3.46. The molecule has 3 rings (SSSR count). The summed E-state index contributed by atoms with van der Waals surface area (Å²) >= 11 is 5.84. The maximum absolute atomic E-state index is 11.7. The molecule has 0 saturated heterocycles. The van der Waals surface area contributed by atoms with Gasteiger partial charge in [0, 0.05) is 5.69 Å². The summed E-state index contributed by atoms with van der Waals surface area (Å²) in [5.74, 6) is 1.20. The second-order valence-electron chi connectivity index (χ2n) is 7.66. The molecule has 0 fully saturated rings. The van der Waals surface area contributed by atoms with Gasteiger partial charge < -0.3 is 24.1 Å². The molecule has 0 unspecified atom stereocenters. The Morgan fingerprint density at radius 1 is 1.12 bits per heavy atom. The summed E-state index contributed by atoms with van der Waals surface area (Å²) in [7, 11) is 3.01. The summed E-state index contributed by atoms with van der Waals surface area (Å²) in [4.78, 5) is 13.8. The van der Waals surface area contributed by atoms with Crippen molar-refractivity contribution < 1.29 is 18.7 Å². The molecule has 0 radical (unpaired) electrons. The minimum atomic E-state index is -0.385. The van der Waals surface area contributed by atoms with E-state index in [0.29, 0.717) is 23.6 Å². The first-order valence-corrected chi connectivity index (χ1v) is 10.9. The van der Waals surface area contributed by atoms with Gasteiger partial charge in [0.15, 0.2) is 5.11 Å². The Morgan fingerprint density at radius 2 is 1.82 bits per heavy atom. The largest absolute Gasteiger partial charge is 0.497 e. The van der Waals surface area contributed by atoms with E-state index in [-0.39, 0.29) is 12.0 Å². The molecule has 0 bridgehead atoms. The number of benzene rings is 2. The number of nitrogens with zero attached hydrogens (tertiary/aromatic N) is 1. The highest BCUT2D eigenvalue weighted by Gasteiger charge is 2.25. The van der Waals surface area contributed by atoms with E-state index >= 15 is 0 Å². The van der Waals surface area contributed by atoms with Crippen molar-refractivity contribution in [3.8, 4) is 5.75 Å². The number of hydrogen-bond acceptors (Lipinski definition) is 5. The smallest absolute Gasteiger partial charge is 0.337 e. The van der Waals surface area contributed by atoms with Crippen LogP contribution in [0.25, 0.3) is 0 Å². The Hall–Kier alpha value is -3.58. The van der Waals surface area contributed by atoms with Crippen LogP contribution < -0.4 is 10.1 Å². The number of thiocarbonyl (C=S) groups is 1. The third kappa shape index (κ3) is 6.46. The molecule has 1 atom stereocenters. The first-order valence-electron chi connectivity index (χ1n) is 10.5. The highest BCUT2D eigenvalue weighted by Crippen LogP contribution is 2.31. The molecule has 33 heavy (non-hydrogen) atoms. The standard InChI is InChI=1S/C26H28N2O4S/c1-18(2)16-24(19-9-13-22(30-3)14-10-19)28(17-23-6-5-15-32-23)26(33)27-21-11-7-20(8-12-21)25(29)31-4/h5-15,24H,1,16-17H2,2-4H3,(H,27,33)/t24-/m1/s1. The molecule has 0 aliphatic rings. The molecule has 7 heteroatoms. The summed E-state index contributed by atoms with van der Waals surface area (Å²) in [5, 5.41) is 3.82. The second kappa shape index (κ2) is 11.3. The van der Waals surface area contributed by atoms with Gasteiger partial charge in [0.25, 0.3) is 0 Å². The average molecular weight is 465 g/mol. The van der Waals surface area contributed by atoms with Gasteiger partial charge in [-0.25, -0.2) is 4.79 Å². The normalized spacial score (nSPS) is 11.4. The average Bonchev–Trinajstić information content (AvgIpc) is 3.34. The molecule has 2 aromatic carbocycles. The molecule has 3 aromatic rings. The Labute approximate surface area is 199 Å². The molecule has 1 heterocycles. The van der Waals surface area contributed by atoms with Gasteiger partial charge in [0.05, 0.1) is 38.6 Å². The lowest BCUT2D eigenvalue weighted by molar-refractivity contribution is 0.0601. The molecule has 0 spiro atoms. The van der Waals surface area contributed by atoms with E-state index in [0.717, 1.165) is 28.3 Å². The highest BCUT2D eigenvalue weighted by molar-refractivity contribution is 7.80. The van der Waals surface area contributed by atoms with E-state index in [9.17, 15) is 4.79 Å². The zero-order valence-electron chi connectivity index (χ0n) is 19.0. The molecular formula is C26H28N2O4S. The molecule has 0 saturated carbocycles. The summed E-state index contributed by atoms with van der Waals surface area (Å²) in [6, 6.07) is 18.6. The minimum absolute atomic E-state index is 0.0761. The maximum atomic E-state index is 11.7. The lowest BCUT2D eigenvalue weighted by Gasteiger charge is -2.34. The van der Waals surface area contributed by atoms with E-state index < -0.39 is 0 Å². The Bertz CT molecular complexity index is 1080. The molecule has 1 aromatic heterocycles. The van der Waals surface area contributed by atoms with E-state index in [4.69, 9.17) is 26.1 Å². The second-order valence-corrected chi connectivity index (χ2v) is 8.04. The lowest BCUT2D eigenvalue weighted by atomic mass is 9.98. The number of methoxy groups -OCH3 is 2. The van der Waals surface area contributed by atoms with Crippen LogP contribution in [-0.2, 0) is 11.3 Å². The Morgan fingerprint density at radius 3 is 2.36 bits per heavy atom. The molecule has 6 nitrogen and oxygen atoms in total. The molecule has 0 amide bonds. The predicted molar refractivity (Wildman–Crippen MR) is 133 cm³/mol. The van der Waals surface area contributed by atoms with Crippen LogP contribution >= 0.6 is 12.2 Å². The van der Waals surface area contributed by atoms with Crippen molar-refractivity contribution >= 4 is 29.0 Å². The van der Waals surface area contributed by atoms with Gasteiger partial charge >= 0.3 is 5.97 Å². The number of esters is 1. The van der Waals surface area contributed by atoms with E-state index in [1.165, 1.54) is 7.11 Å². The number of ether oxygens (including phenoxy) is 2. The molecule has 0 aliphatic carbocycles. The first-order chi connectivity index (χ1) is 15.9. The zero-order chi connectivity index (χ0) is 23.8. The number of carbonyl (C=O) groups excluding carboxylic acids is 1. The Balaban J connectivity index is 1.91. The number of carbonyl (C=O) groups is 1. The van der Waals surface area contributed by atoms with Crippen LogP contribution in [0, 0.1) is 0 Å². The molecule has 172 valence electrons. The summed E-state index contributed by atoms with van der Waals surface area (Å²) in [6.45, 7) is 6.61. The van der Waals surface area contributed by atoms with Crippen molar-refractivity contribution in [2.45, 2.75) is 25.9 Å². The molecular weight excluding hydrogens is 436 g/mol. The maximum Gasteiger partial charge on any atom is 0.337 e. The van der Waals surface area contributed by atoms with Gasteiger partial charge in [-0.1, -0.05) is 17.7 Å². The van der Waals surface area contributed by atoms with Gasteiger partial charge in [0.1, 0.15) is 11.5 Å². The van der Waals surface area contributed by atoms with Crippen molar-refractivity contribution in [1.82, 2.24) is 4.90 Å². The van der Waals surface area contributed by atoms with Crippen molar-refractivity contribution in [3.63, 3.8) is 0 Å². The summed E-state index contributed by atoms with van der Waals surface area (Å²) in [6.07, 6.45) is 2.35. The van der Waals surface area contributed by atoms with Gasteiger partial charge in [-0.15, -0.1) is 6.58 Å².